The molecule has 0 saturated carbocycles. The minimum atomic E-state index is -0.618. The first-order chi connectivity index (χ1) is 20.1. The van der Waals surface area contributed by atoms with Crippen molar-refractivity contribution in [2.75, 3.05) is 11.9 Å². The molecule has 5 aromatic rings. The highest BCUT2D eigenvalue weighted by Gasteiger charge is 2.14. The molecule has 0 saturated heterocycles. The van der Waals surface area contributed by atoms with Gasteiger partial charge in [-0.3, -0.25) is 14.8 Å². The van der Waals surface area contributed by atoms with Crippen LogP contribution in [0, 0.1) is 0 Å². The Kier molecular flexibility index (Phi) is 8.69. The Balaban J connectivity index is 1.36. The molecule has 0 fully saturated rings. The number of rotatable bonds is 10. The van der Waals surface area contributed by atoms with E-state index in [4.69, 9.17) is 14.7 Å². The largest absolute Gasteiger partial charge is 0.489 e. The van der Waals surface area contributed by atoms with Gasteiger partial charge in [0, 0.05) is 22.7 Å². The first kappa shape index (κ1) is 27.2. The number of amides is 2. The van der Waals surface area contributed by atoms with Crippen LogP contribution in [0.2, 0.25) is 0 Å². The van der Waals surface area contributed by atoms with E-state index in [1.807, 2.05) is 84.9 Å². The molecule has 3 N–H and O–H groups in total. The van der Waals surface area contributed by atoms with Crippen molar-refractivity contribution in [1.82, 2.24) is 5.48 Å². The first-order valence-corrected chi connectivity index (χ1v) is 13.0. The van der Waals surface area contributed by atoms with Crippen LogP contribution < -0.4 is 20.3 Å². The maximum atomic E-state index is 13.5. The molecule has 41 heavy (non-hydrogen) atoms. The number of hydroxylamine groups is 1. The number of anilines is 1. The monoisotopic (exact) mass is 544 g/mol. The van der Waals surface area contributed by atoms with Crippen molar-refractivity contribution in [2.24, 2.45) is 0 Å². The topological polar surface area (TPSA) is 96.9 Å². The van der Waals surface area contributed by atoms with Gasteiger partial charge in [-0.25, -0.2) is 5.48 Å². The molecule has 0 aliphatic heterocycles. The van der Waals surface area contributed by atoms with Crippen molar-refractivity contribution in [2.45, 2.75) is 6.61 Å². The van der Waals surface area contributed by atoms with Gasteiger partial charge in [-0.05, 0) is 52.9 Å². The van der Waals surface area contributed by atoms with E-state index in [9.17, 15) is 9.59 Å². The molecular formula is C34H28N2O5. The molecular weight excluding hydrogens is 516 g/mol. The van der Waals surface area contributed by atoms with Crippen LogP contribution >= 0.6 is 0 Å². The summed E-state index contributed by atoms with van der Waals surface area (Å²) in [6.07, 6.45) is 1.71. The lowest BCUT2D eigenvalue weighted by atomic mass is 10.1. The van der Waals surface area contributed by atoms with Gasteiger partial charge in [0.2, 0.25) is 0 Å². The van der Waals surface area contributed by atoms with Crippen molar-refractivity contribution < 1.29 is 24.3 Å². The van der Waals surface area contributed by atoms with Gasteiger partial charge in [-0.2, -0.15) is 0 Å². The van der Waals surface area contributed by atoms with Crippen LogP contribution in [-0.2, 0) is 11.4 Å². The molecule has 0 spiro atoms. The Hall–Kier alpha value is -5.40. The van der Waals surface area contributed by atoms with E-state index in [2.05, 4.69) is 5.32 Å². The second-order valence-corrected chi connectivity index (χ2v) is 9.25. The van der Waals surface area contributed by atoms with E-state index in [-0.39, 0.29) is 18.1 Å². The second kappa shape index (κ2) is 13.1. The predicted octanol–water partition coefficient (Wildman–Crippen LogP) is 6.64. The summed E-state index contributed by atoms with van der Waals surface area (Å²) in [5.74, 6) is 0.324. The molecule has 0 atom stereocenters. The minimum Gasteiger partial charge on any atom is -0.489 e. The fourth-order valence-electron chi connectivity index (χ4n) is 4.26. The lowest BCUT2D eigenvalue weighted by Gasteiger charge is -2.14. The molecule has 7 nitrogen and oxygen atoms in total. The lowest BCUT2D eigenvalue weighted by Crippen LogP contribution is -2.19. The maximum Gasteiger partial charge on any atom is 0.274 e. The van der Waals surface area contributed by atoms with Crippen LogP contribution in [0.1, 0.15) is 21.5 Å². The number of nitrogens with one attached hydrogen (secondary N) is 2. The molecule has 0 aliphatic carbocycles. The van der Waals surface area contributed by atoms with Crippen LogP contribution in [0.5, 0.6) is 11.5 Å². The molecule has 204 valence electrons. The number of hydrogen-bond donors (Lipinski definition) is 3. The summed E-state index contributed by atoms with van der Waals surface area (Å²) in [7, 11) is 0. The Morgan fingerprint density at radius 3 is 2.29 bits per heavy atom. The summed E-state index contributed by atoms with van der Waals surface area (Å²) >= 11 is 0. The van der Waals surface area contributed by atoms with Crippen molar-refractivity contribution in [3.63, 3.8) is 0 Å². The molecule has 2 amide bonds. The van der Waals surface area contributed by atoms with Crippen molar-refractivity contribution in [1.29, 1.82) is 0 Å². The molecule has 0 bridgehead atoms. The number of fused-ring (bicyclic) bond motifs is 1. The normalized spacial score (nSPS) is 11.1. The summed E-state index contributed by atoms with van der Waals surface area (Å²) in [5.41, 5.74) is 4.57. The van der Waals surface area contributed by atoms with Gasteiger partial charge in [0.05, 0.1) is 5.57 Å². The van der Waals surface area contributed by atoms with E-state index in [1.165, 1.54) is 0 Å². The fraction of sp³-hybridized carbons (Fsp3) is 0.0588. The molecule has 5 rings (SSSR count). The Bertz CT molecular complexity index is 1680. The number of carbonyl (C=O) groups excluding carboxylic acids is 2. The average Bonchev–Trinajstić information content (AvgIpc) is 3.02. The maximum absolute atomic E-state index is 13.5. The third-order valence-corrected chi connectivity index (χ3v) is 6.38. The van der Waals surface area contributed by atoms with Gasteiger partial charge in [0.1, 0.15) is 24.7 Å². The molecule has 0 aliphatic rings. The number of benzene rings is 5. The van der Waals surface area contributed by atoms with Gasteiger partial charge >= 0.3 is 0 Å². The van der Waals surface area contributed by atoms with Crippen molar-refractivity contribution in [3.05, 3.63) is 144 Å². The number of ether oxygens (including phenoxy) is 2. The van der Waals surface area contributed by atoms with Crippen LogP contribution in [0.25, 0.3) is 16.8 Å². The van der Waals surface area contributed by atoms with Gasteiger partial charge in [0.15, 0.2) is 0 Å². The van der Waals surface area contributed by atoms with Gasteiger partial charge in [-0.15, -0.1) is 0 Å². The molecule has 7 heteroatoms. The summed E-state index contributed by atoms with van der Waals surface area (Å²) in [4.78, 5) is 25.2. The fourth-order valence-corrected chi connectivity index (χ4v) is 4.26. The van der Waals surface area contributed by atoms with Gasteiger partial charge in [-0.1, -0.05) is 84.9 Å². The summed E-state index contributed by atoms with van der Waals surface area (Å²) in [6.45, 7) is 0.412. The van der Waals surface area contributed by atoms with Gasteiger partial charge < -0.3 is 14.8 Å². The average molecular weight is 545 g/mol. The third-order valence-electron chi connectivity index (χ3n) is 6.38. The standard InChI is InChI=1S/C34H28N2O5/c37-33(35-29-12-7-13-30(21-29)40-22-25-8-2-1-3-9-25)28(20-24-16-18-27(19-17-24)34(38)36-39)23-41-32-15-6-11-26-10-4-5-14-31(26)32/h1-21,39H,22-23H2,(H,35,37)(H,36,38). The van der Waals surface area contributed by atoms with Crippen molar-refractivity contribution in [3.8, 4) is 11.5 Å². The Morgan fingerprint density at radius 2 is 1.49 bits per heavy atom. The second-order valence-electron chi connectivity index (χ2n) is 9.25. The zero-order valence-electron chi connectivity index (χ0n) is 22.1. The Labute approximate surface area is 237 Å². The molecule has 0 unspecified atom stereocenters. The van der Waals surface area contributed by atoms with Crippen LogP contribution in [0.4, 0.5) is 5.69 Å². The van der Waals surface area contributed by atoms with E-state index in [0.717, 1.165) is 16.3 Å². The lowest BCUT2D eigenvalue weighted by molar-refractivity contribution is -0.113. The van der Waals surface area contributed by atoms with E-state index >= 15 is 0 Å². The van der Waals surface area contributed by atoms with Crippen LogP contribution in [-0.4, -0.2) is 23.6 Å². The molecule has 0 radical (unpaired) electrons. The highest BCUT2D eigenvalue weighted by Crippen LogP contribution is 2.26. The van der Waals surface area contributed by atoms with Crippen molar-refractivity contribution >= 4 is 34.4 Å². The van der Waals surface area contributed by atoms with Gasteiger partial charge in [0.25, 0.3) is 11.8 Å². The highest BCUT2D eigenvalue weighted by atomic mass is 16.5. The van der Waals surface area contributed by atoms with Crippen LogP contribution in [0.3, 0.4) is 0 Å². The number of carbonyl (C=O) groups is 2. The quantitative estimate of drug-likeness (QED) is 0.104. The molecule has 0 heterocycles. The van der Waals surface area contributed by atoms with E-state index in [0.29, 0.717) is 34.9 Å². The first-order valence-electron chi connectivity index (χ1n) is 13.0. The zero-order valence-corrected chi connectivity index (χ0v) is 22.1. The zero-order chi connectivity index (χ0) is 28.4. The summed E-state index contributed by atoms with van der Waals surface area (Å²) < 4.78 is 12.1. The van der Waals surface area contributed by atoms with E-state index < -0.39 is 5.91 Å². The summed E-state index contributed by atoms with van der Waals surface area (Å²) in [6, 6.07) is 37.2. The van der Waals surface area contributed by atoms with E-state index in [1.54, 1.807) is 48.0 Å². The molecule has 0 aromatic heterocycles. The Morgan fingerprint density at radius 1 is 0.756 bits per heavy atom. The summed E-state index contributed by atoms with van der Waals surface area (Å²) in [5, 5.41) is 13.8. The predicted molar refractivity (Wildman–Crippen MR) is 159 cm³/mol. The highest BCUT2D eigenvalue weighted by molar-refractivity contribution is 6.07. The minimum absolute atomic E-state index is 0.00289. The van der Waals surface area contributed by atoms with Crippen LogP contribution in [0.15, 0.2) is 127 Å². The number of hydrogen-bond acceptors (Lipinski definition) is 5. The smallest absolute Gasteiger partial charge is 0.274 e. The SMILES string of the molecule is O=C(Nc1cccc(OCc2ccccc2)c1)C(=Cc1ccc(C(=O)NO)cc1)COc1cccc2ccccc12. The third kappa shape index (κ3) is 7.17. The molecule has 5 aromatic carbocycles.